The fraction of sp³-hybridized carbons (Fsp3) is 0.200. The van der Waals surface area contributed by atoms with Crippen LogP contribution in [0.15, 0.2) is 60.8 Å². The molecule has 4 nitrogen and oxygen atoms in total. The van der Waals surface area contributed by atoms with Crippen molar-refractivity contribution < 1.29 is 0 Å². The molecule has 1 unspecified atom stereocenters. The van der Waals surface area contributed by atoms with Gasteiger partial charge in [0, 0.05) is 17.9 Å². The van der Waals surface area contributed by atoms with Gasteiger partial charge < -0.3 is 10.6 Å². The highest BCUT2D eigenvalue weighted by molar-refractivity contribution is 5.57. The van der Waals surface area contributed by atoms with E-state index < -0.39 is 0 Å². The quantitative estimate of drug-likeness (QED) is 0.694. The minimum Gasteiger partial charge on any atom is -0.363 e. The Morgan fingerprint density at radius 1 is 0.917 bits per heavy atom. The SMILES string of the molecule is Cc1ccc(Nc2nccc(NC(C)c3ccccc3)n2)cc1C. The number of rotatable bonds is 5. The van der Waals surface area contributed by atoms with Gasteiger partial charge in [0.15, 0.2) is 0 Å². The second-order valence-corrected chi connectivity index (χ2v) is 5.97. The first kappa shape index (κ1) is 16.0. The Balaban J connectivity index is 1.73. The molecule has 0 spiro atoms. The minimum absolute atomic E-state index is 0.176. The Kier molecular flexibility index (Phi) is 4.75. The molecule has 1 aromatic heterocycles. The predicted molar refractivity (Wildman–Crippen MR) is 99.7 cm³/mol. The lowest BCUT2D eigenvalue weighted by molar-refractivity contribution is 0.873. The van der Waals surface area contributed by atoms with Crippen molar-refractivity contribution in [3.05, 3.63) is 77.5 Å². The molecule has 0 saturated heterocycles. The van der Waals surface area contributed by atoms with Crippen LogP contribution in [0.25, 0.3) is 0 Å². The van der Waals surface area contributed by atoms with Gasteiger partial charge in [-0.15, -0.1) is 0 Å². The first-order valence-corrected chi connectivity index (χ1v) is 8.10. The zero-order chi connectivity index (χ0) is 16.9. The van der Waals surface area contributed by atoms with Gasteiger partial charge in [0.05, 0.1) is 0 Å². The van der Waals surface area contributed by atoms with E-state index in [0.29, 0.717) is 5.95 Å². The van der Waals surface area contributed by atoms with Crippen molar-refractivity contribution in [3.8, 4) is 0 Å². The lowest BCUT2D eigenvalue weighted by Gasteiger charge is -2.15. The normalized spacial score (nSPS) is 11.8. The highest BCUT2D eigenvalue weighted by atomic mass is 15.1. The van der Waals surface area contributed by atoms with Gasteiger partial charge in [-0.25, -0.2) is 4.98 Å². The van der Waals surface area contributed by atoms with Crippen LogP contribution in [0.1, 0.15) is 29.7 Å². The maximum atomic E-state index is 4.55. The molecule has 2 aromatic carbocycles. The van der Waals surface area contributed by atoms with Crippen molar-refractivity contribution in [2.45, 2.75) is 26.8 Å². The number of hydrogen-bond acceptors (Lipinski definition) is 4. The molecule has 0 saturated carbocycles. The van der Waals surface area contributed by atoms with E-state index in [0.717, 1.165) is 11.5 Å². The van der Waals surface area contributed by atoms with Crippen LogP contribution < -0.4 is 10.6 Å². The third-order valence-corrected chi connectivity index (χ3v) is 4.08. The fourth-order valence-electron chi connectivity index (χ4n) is 2.49. The topological polar surface area (TPSA) is 49.8 Å². The number of aromatic nitrogens is 2. The Labute approximate surface area is 143 Å². The number of nitrogens with zero attached hydrogens (tertiary/aromatic N) is 2. The largest absolute Gasteiger partial charge is 0.363 e. The zero-order valence-corrected chi connectivity index (χ0v) is 14.2. The molecule has 0 fully saturated rings. The maximum Gasteiger partial charge on any atom is 0.229 e. The molecule has 0 bridgehead atoms. The van der Waals surface area contributed by atoms with E-state index in [4.69, 9.17) is 0 Å². The minimum atomic E-state index is 0.176. The number of hydrogen-bond donors (Lipinski definition) is 2. The third kappa shape index (κ3) is 3.90. The fourth-order valence-corrected chi connectivity index (χ4v) is 2.49. The van der Waals surface area contributed by atoms with E-state index in [1.165, 1.54) is 16.7 Å². The van der Waals surface area contributed by atoms with Gasteiger partial charge in [-0.3, -0.25) is 0 Å². The van der Waals surface area contributed by atoms with Gasteiger partial charge in [0.25, 0.3) is 0 Å². The molecular formula is C20H22N4. The molecule has 0 aliphatic rings. The summed E-state index contributed by atoms with van der Waals surface area (Å²) in [6, 6.07) is 18.6. The van der Waals surface area contributed by atoms with E-state index in [2.05, 4.69) is 65.6 Å². The molecule has 0 amide bonds. The molecule has 0 radical (unpaired) electrons. The highest BCUT2D eigenvalue weighted by Crippen LogP contribution is 2.20. The predicted octanol–water partition coefficient (Wildman–Crippen LogP) is 5.01. The Bertz CT molecular complexity index is 815. The number of aryl methyl sites for hydroxylation is 2. The first-order valence-electron chi connectivity index (χ1n) is 8.10. The number of anilines is 3. The van der Waals surface area contributed by atoms with Crippen LogP contribution in [-0.4, -0.2) is 9.97 Å². The van der Waals surface area contributed by atoms with Gasteiger partial charge in [-0.1, -0.05) is 36.4 Å². The second kappa shape index (κ2) is 7.13. The molecule has 2 N–H and O–H groups in total. The molecule has 1 atom stereocenters. The van der Waals surface area contributed by atoms with Gasteiger partial charge in [0.2, 0.25) is 5.95 Å². The Morgan fingerprint density at radius 3 is 2.46 bits per heavy atom. The van der Waals surface area contributed by atoms with E-state index >= 15 is 0 Å². The van der Waals surface area contributed by atoms with Crippen molar-refractivity contribution in [3.63, 3.8) is 0 Å². The Morgan fingerprint density at radius 2 is 1.71 bits per heavy atom. The van der Waals surface area contributed by atoms with Crippen LogP contribution >= 0.6 is 0 Å². The van der Waals surface area contributed by atoms with Crippen LogP contribution in [0.2, 0.25) is 0 Å². The molecule has 3 rings (SSSR count). The van der Waals surface area contributed by atoms with Gasteiger partial charge >= 0.3 is 0 Å². The standard InChI is InChI=1S/C20H22N4/c1-14-9-10-18(13-15(14)2)23-20-21-12-11-19(24-20)22-16(3)17-7-5-4-6-8-17/h4-13,16H,1-3H3,(H2,21,22,23,24). The van der Waals surface area contributed by atoms with Crippen molar-refractivity contribution >= 4 is 17.5 Å². The van der Waals surface area contributed by atoms with Gasteiger partial charge in [-0.2, -0.15) is 4.98 Å². The summed E-state index contributed by atoms with van der Waals surface area (Å²) >= 11 is 0. The average Bonchev–Trinajstić information content (AvgIpc) is 2.59. The summed E-state index contributed by atoms with van der Waals surface area (Å²) in [6.07, 6.45) is 1.76. The number of nitrogens with one attached hydrogen (secondary N) is 2. The van der Waals surface area contributed by atoms with Crippen molar-refractivity contribution in [1.82, 2.24) is 9.97 Å². The molecule has 3 aromatic rings. The lowest BCUT2D eigenvalue weighted by atomic mass is 10.1. The smallest absolute Gasteiger partial charge is 0.229 e. The van der Waals surface area contributed by atoms with Crippen molar-refractivity contribution in [2.24, 2.45) is 0 Å². The summed E-state index contributed by atoms with van der Waals surface area (Å²) in [5.74, 6) is 1.39. The summed E-state index contributed by atoms with van der Waals surface area (Å²) < 4.78 is 0. The lowest BCUT2D eigenvalue weighted by Crippen LogP contribution is -2.09. The summed E-state index contributed by atoms with van der Waals surface area (Å²) in [4.78, 5) is 8.86. The third-order valence-electron chi connectivity index (χ3n) is 4.08. The zero-order valence-electron chi connectivity index (χ0n) is 14.2. The van der Waals surface area contributed by atoms with E-state index in [1.807, 2.05) is 30.3 Å². The van der Waals surface area contributed by atoms with Crippen LogP contribution in [-0.2, 0) is 0 Å². The molecule has 0 aliphatic carbocycles. The molecule has 4 heteroatoms. The Hall–Kier alpha value is -2.88. The molecular weight excluding hydrogens is 296 g/mol. The average molecular weight is 318 g/mol. The second-order valence-electron chi connectivity index (χ2n) is 5.97. The van der Waals surface area contributed by atoms with Crippen molar-refractivity contribution in [1.29, 1.82) is 0 Å². The molecule has 122 valence electrons. The summed E-state index contributed by atoms with van der Waals surface area (Å²) in [5, 5.41) is 6.68. The van der Waals surface area contributed by atoms with E-state index in [-0.39, 0.29) is 6.04 Å². The van der Waals surface area contributed by atoms with Crippen molar-refractivity contribution in [2.75, 3.05) is 10.6 Å². The monoisotopic (exact) mass is 318 g/mol. The van der Waals surface area contributed by atoms with E-state index in [1.54, 1.807) is 6.20 Å². The summed E-state index contributed by atoms with van der Waals surface area (Å²) in [6.45, 7) is 6.32. The first-order chi connectivity index (χ1) is 11.6. The molecule has 1 heterocycles. The molecule has 0 aliphatic heterocycles. The number of benzene rings is 2. The summed E-state index contributed by atoms with van der Waals surface area (Å²) in [7, 11) is 0. The summed E-state index contributed by atoms with van der Waals surface area (Å²) in [5.41, 5.74) is 4.73. The van der Waals surface area contributed by atoms with Crippen LogP contribution in [0.3, 0.4) is 0 Å². The van der Waals surface area contributed by atoms with Gasteiger partial charge in [0.1, 0.15) is 5.82 Å². The van der Waals surface area contributed by atoms with Crippen LogP contribution in [0.4, 0.5) is 17.5 Å². The maximum absolute atomic E-state index is 4.55. The molecule has 24 heavy (non-hydrogen) atoms. The van der Waals surface area contributed by atoms with E-state index in [9.17, 15) is 0 Å². The van der Waals surface area contributed by atoms with Gasteiger partial charge in [-0.05, 0) is 55.7 Å². The highest BCUT2D eigenvalue weighted by Gasteiger charge is 2.07. The van der Waals surface area contributed by atoms with Crippen LogP contribution in [0.5, 0.6) is 0 Å². The van der Waals surface area contributed by atoms with Crippen LogP contribution in [0, 0.1) is 13.8 Å².